The van der Waals surface area contributed by atoms with E-state index in [1.807, 2.05) is 32.0 Å². The van der Waals surface area contributed by atoms with Crippen LogP contribution in [0, 0.1) is 20.8 Å². The Morgan fingerprint density at radius 1 is 1.04 bits per heavy atom. The fourth-order valence-corrected chi connectivity index (χ4v) is 3.28. The molecule has 7 heteroatoms. The summed E-state index contributed by atoms with van der Waals surface area (Å²) >= 11 is 0. The van der Waals surface area contributed by atoms with Gasteiger partial charge in [0.1, 0.15) is 41.5 Å². The van der Waals surface area contributed by atoms with Crippen molar-refractivity contribution in [2.75, 3.05) is 21.3 Å². The third-order valence-corrected chi connectivity index (χ3v) is 4.67. The summed E-state index contributed by atoms with van der Waals surface area (Å²) in [5.41, 5.74) is 5.31. The third kappa shape index (κ3) is 3.09. The number of hydrogen-bond donors (Lipinski definition) is 0. The molecule has 0 aliphatic heterocycles. The SMILES string of the molecule is CO/N=C(/C)c1nc(C)nc2c1c(C)c(C)n2-c1ccc(OC)cc1OC. The number of hydrogen-bond acceptors (Lipinski definition) is 6. The minimum Gasteiger partial charge on any atom is -0.497 e. The van der Waals surface area contributed by atoms with Crippen LogP contribution in [0.25, 0.3) is 16.7 Å². The second-order valence-electron chi connectivity index (χ2n) is 6.26. The van der Waals surface area contributed by atoms with E-state index in [2.05, 4.69) is 28.6 Å². The van der Waals surface area contributed by atoms with Crippen LogP contribution in [0.1, 0.15) is 29.7 Å². The zero-order chi connectivity index (χ0) is 19.7. The quantitative estimate of drug-likeness (QED) is 0.507. The summed E-state index contributed by atoms with van der Waals surface area (Å²) in [7, 11) is 4.81. The molecule has 0 unspecified atom stereocenters. The Hall–Kier alpha value is -3.09. The van der Waals surface area contributed by atoms with Crippen LogP contribution in [0.2, 0.25) is 0 Å². The molecule has 0 aliphatic carbocycles. The Morgan fingerprint density at radius 2 is 1.78 bits per heavy atom. The van der Waals surface area contributed by atoms with Gasteiger partial charge in [0.25, 0.3) is 0 Å². The lowest BCUT2D eigenvalue weighted by atomic mass is 10.1. The first kappa shape index (κ1) is 18.7. The minimum absolute atomic E-state index is 0.661. The number of methoxy groups -OCH3 is 2. The summed E-state index contributed by atoms with van der Waals surface area (Å²) in [4.78, 5) is 14.3. The molecule has 0 bridgehead atoms. The molecule has 0 saturated heterocycles. The molecule has 0 N–H and O–H groups in total. The third-order valence-electron chi connectivity index (χ3n) is 4.67. The van der Waals surface area contributed by atoms with Crippen LogP contribution in [-0.4, -0.2) is 41.6 Å². The zero-order valence-corrected chi connectivity index (χ0v) is 16.7. The normalized spacial score (nSPS) is 11.7. The molecule has 0 spiro atoms. The molecule has 0 atom stereocenters. The molecule has 27 heavy (non-hydrogen) atoms. The first-order valence-electron chi connectivity index (χ1n) is 8.59. The number of benzene rings is 1. The van der Waals surface area contributed by atoms with Crippen molar-refractivity contribution in [2.24, 2.45) is 5.16 Å². The molecule has 3 rings (SSSR count). The summed E-state index contributed by atoms with van der Waals surface area (Å²) in [5.74, 6) is 2.10. The Balaban J connectivity index is 2.40. The van der Waals surface area contributed by atoms with Gasteiger partial charge in [-0.1, -0.05) is 5.16 Å². The number of fused-ring (bicyclic) bond motifs is 1. The summed E-state index contributed by atoms with van der Waals surface area (Å²) in [6.07, 6.45) is 0. The molecular weight excluding hydrogens is 344 g/mol. The van der Waals surface area contributed by atoms with Crippen LogP contribution < -0.4 is 9.47 Å². The van der Waals surface area contributed by atoms with Crippen LogP contribution >= 0.6 is 0 Å². The highest BCUT2D eigenvalue weighted by Gasteiger charge is 2.22. The maximum absolute atomic E-state index is 5.61. The molecule has 0 amide bonds. The lowest BCUT2D eigenvalue weighted by molar-refractivity contribution is 0.213. The van der Waals surface area contributed by atoms with Crippen molar-refractivity contribution in [1.29, 1.82) is 0 Å². The average Bonchev–Trinajstić information content (AvgIpc) is 2.91. The van der Waals surface area contributed by atoms with Crippen LogP contribution in [0.15, 0.2) is 23.4 Å². The predicted molar refractivity (Wildman–Crippen MR) is 105 cm³/mol. The Labute approximate surface area is 158 Å². The highest BCUT2D eigenvalue weighted by atomic mass is 16.6. The molecule has 3 aromatic rings. The van der Waals surface area contributed by atoms with Gasteiger partial charge in [-0.05, 0) is 45.4 Å². The predicted octanol–water partition coefficient (Wildman–Crippen LogP) is 3.73. The first-order valence-corrected chi connectivity index (χ1v) is 8.59. The number of oxime groups is 1. The monoisotopic (exact) mass is 368 g/mol. The van der Waals surface area contributed by atoms with E-state index in [1.54, 1.807) is 14.2 Å². The van der Waals surface area contributed by atoms with E-state index in [0.29, 0.717) is 17.3 Å². The van der Waals surface area contributed by atoms with Crippen LogP contribution in [0.3, 0.4) is 0 Å². The summed E-state index contributed by atoms with van der Waals surface area (Å²) < 4.78 is 13.0. The molecule has 0 aliphatic rings. The van der Waals surface area contributed by atoms with E-state index in [9.17, 15) is 0 Å². The van der Waals surface area contributed by atoms with Gasteiger partial charge < -0.3 is 14.3 Å². The van der Waals surface area contributed by atoms with Crippen LogP contribution in [0.5, 0.6) is 11.5 Å². The highest BCUT2D eigenvalue weighted by Crippen LogP contribution is 2.35. The molecular formula is C20H24N4O3. The molecule has 7 nitrogen and oxygen atoms in total. The molecule has 2 aromatic heterocycles. The fourth-order valence-electron chi connectivity index (χ4n) is 3.28. The number of aryl methyl sites for hydroxylation is 2. The van der Waals surface area contributed by atoms with E-state index in [-0.39, 0.29) is 0 Å². The van der Waals surface area contributed by atoms with Crippen molar-refractivity contribution in [1.82, 2.24) is 14.5 Å². The van der Waals surface area contributed by atoms with Gasteiger partial charge in [0, 0.05) is 11.8 Å². The molecule has 2 heterocycles. The van der Waals surface area contributed by atoms with Gasteiger partial charge in [0.15, 0.2) is 0 Å². The number of ether oxygens (including phenoxy) is 2. The molecule has 0 saturated carbocycles. The number of aromatic nitrogens is 3. The van der Waals surface area contributed by atoms with Gasteiger partial charge in [0.2, 0.25) is 0 Å². The van der Waals surface area contributed by atoms with Gasteiger partial charge in [-0.15, -0.1) is 0 Å². The summed E-state index contributed by atoms with van der Waals surface area (Å²) in [6, 6.07) is 5.74. The van der Waals surface area contributed by atoms with Crippen LogP contribution in [-0.2, 0) is 4.84 Å². The fraction of sp³-hybridized carbons (Fsp3) is 0.350. The van der Waals surface area contributed by atoms with Crippen LogP contribution in [0.4, 0.5) is 0 Å². The summed E-state index contributed by atoms with van der Waals surface area (Å²) in [6.45, 7) is 7.87. The lowest BCUT2D eigenvalue weighted by Crippen LogP contribution is -2.06. The van der Waals surface area contributed by atoms with E-state index in [4.69, 9.17) is 19.3 Å². The maximum Gasteiger partial charge on any atom is 0.149 e. The smallest absolute Gasteiger partial charge is 0.149 e. The van der Waals surface area contributed by atoms with E-state index in [0.717, 1.165) is 39.4 Å². The standard InChI is InChI=1S/C20H24N4O3/c1-11-13(3)24(16-9-8-15(25-5)10-17(16)26-6)20-18(11)19(12(2)23-27-7)21-14(4)22-20/h8-10H,1-7H3/b23-12-. The van der Waals surface area contributed by atoms with Gasteiger partial charge in [-0.2, -0.15) is 0 Å². The van der Waals surface area contributed by atoms with Gasteiger partial charge in [-0.25, -0.2) is 9.97 Å². The van der Waals surface area contributed by atoms with Crippen molar-refractivity contribution in [3.63, 3.8) is 0 Å². The molecule has 0 fully saturated rings. The Kier molecular flexibility index (Phi) is 5.03. The van der Waals surface area contributed by atoms with Crippen molar-refractivity contribution >= 4 is 16.7 Å². The number of nitrogens with zero attached hydrogens (tertiary/aromatic N) is 4. The van der Waals surface area contributed by atoms with E-state index < -0.39 is 0 Å². The Bertz CT molecular complexity index is 1040. The van der Waals surface area contributed by atoms with Crippen molar-refractivity contribution in [3.8, 4) is 17.2 Å². The molecule has 1 aromatic carbocycles. The van der Waals surface area contributed by atoms with Gasteiger partial charge in [0.05, 0.1) is 25.3 Å². The molecule has 142 valence electrons. The second-order valence-corrected chi connectivity index (χ2v) is 6.26. The van der Waals surface area contributed by atoms with Gasteiger partial charge in [-0.3, -0.25) is 4.57 Å². The van der Waals surface area contributed by atoms with Crippen molar-refractivity contribution in [3.05, 3.63) is 41.0 Å². The molecule has 0 radical (unpaired) electrons. The van der Waals surface area contributed by atoms with Gasteiger partial charge >= 0.3 is 0 Å². The van der Waals surface area contributed by atoms with Crippen molar-refractivity contribution in [2.45, 2.75) is 27.7 Å². The van der Waals surface area contributed by atoms with E-state index >= 15 is 0 Å². The minimum atomic E-state index is 0.661. The Morgan fingerprint density at radius 3 is 2.41 bits per heavy atom. The second kappa shape index (κ2) is 7.26. The number of rotatable bonds is 5. The highest BCUT2D eigenvalue weighted by molar-refractivity contribution is 6.08. The van der Waals surface area contributed by atoms with Crippen molar-refractivity contribution < 1.29 is 14.3 Å². The lowest BCUT2D eigenvalue weighted by Gasteiger charge is -2.14. The topological polar surface area (TPSA) is 70.8 Å². The maximum atomic E-state index is 5.61. The zero-order valence-electron chi connectivity index (χ0n) is 16.7. The van der Waals surface area contributed by atoms with E-state index in [1.165, 1.54) is 7.11 Å². The summed E-state index contributed by atoms with van der Waals surface area (Å²) in [5, 5.41) is 5.02. The largest absolute Gasteiger partial charge is 0.497 e. The first-order chi connectivity index (χ1) is 12.9. The average molecular weight is 368 g/mol.